The van der Waals surface area contributed by atoms with Crippen molar-refractivity contribution in [3.63, 3.8) is 0 Å². The number of anilines is 1. The summed E-state index contributed by atoms with van der Waals surface area (Å²) in [5.74, 6) is 0.776. The van der Waals surface area contributed by atoms with Crippen LogP contribution in [0.1, 0.15) is 12.8 Å². The summed E-state index contributed by atoms with van der Waals surface area (Å²) in [6, 6.07) is 0. The van der Waals surface area contributed by atoms with E-state index in [4.69, 9.17) is 0 Å². The van der Waals surface area contributed by atoms with Gasteiger partial charge in [0.1, 0.15) is 0 Å². The minimum atomic E-state index is 0. The minimum Gasteiger partial charge on any atom is -0.361 e. The molecule has 1 aliphatic rings. The van der Waals surface area contributed by atoms with Crippen molar-refractivity contribution in [2.45, 2.75) is 12.8 Å². The van der Waals surface area contributed by atoms with E-state index in [1.807, 2.05) is 11.6 Å². The Morgan fingerprint density at radius 3 is 3.21 bits per heavy atom. The van der Waals surface area contributed by atoms with Crippen molar-refractivity contribution in [2.75, 3.05) is 25.0 Å². The van der Waals surface area contributed by atoms with Crippen LogP contribution in [0.15, 0.2) is 11.6 Å². The molecule has 1 aromatic rings. The fourth-order valence-corrected chi connectivity index (χ4v) is 2.18. The molecule has 2 rings (SSSR count). The van der Waals surface area contributed by atoms with Gasteiger partial charge in [-0.05, 0) is 31.8 Å². The standard InChI is InChI=1S/C9H15N3S.ClH/c1-2-8(6-10-3-1)7-12-9-11-4-5-13-9;/h4-5,8,10H,1-3,6-7H2,(H,11,12);1H. The van der Waals surface area contributed by atoms with Crippen LogP contribution in [0.25, 0.3) is 0 Å². The molecule has 1 atom stereocenters. The fourth-order valence-electron chi connectivity index (χ4n) is 1.64. The SMILES string of the molecule is Cl.c1csc(NCC2CCCNC2)n1. The minimum absolute atomic E-state index is 0. The first-order valence-corrected chi connectivity index (χ1v) is 5.67. The highest BCUT2D eigenvalue weighted by molar-refractivity contribution is 7.13. The summed E-state index contributed by atoms with van der Waals surface area (Å²) >= 11 is 1.67. The van der Waals surface area contributed by atoms with Crippen LogP contribution in [-0.2, 0) is 0 Å². The van der Waals surface area contributed by atoms with Crippen molar-refractivity contribution in [3.05, 3.63) is 11.6 Å². The van der Waals surface area contributed by atoms with E-state index in [-0.39, 0.29) is 12.4 Å². The van der Waals surface area contributed by atoms with Gasteiger partial charge in [-0.15, -0.1) is 23.7 Å². The summed E-state index contributed by atoms with van der Waals surface area (Å²) in [7, 11) is 0. The largest absolute Gasteiger partial charge is 0.361 e. The van der Waals surface area contributed by atoms with Crippen molar-refractivity contribution < 1.29 is 0 Å². The van der Waals surface area contributed by atoms with Crippen molar-refractivity contribution >= 4 is 28.9 Å². The van der Waals surface area contributed by atoms with Gasteiger partial charge < -0.3 is 10.6 Å². The van der Waals surface area contributed by atoms with Crippen molar-refractivity contribution in [1.82, 2.24) is 10.3 Å². The topological polar surface area (TPSA) is 37.0 Å². The fraction of sp³-hybridized carbons (Fsp3) is 0.667. The Kier molecular flexibility index (Phi) is 5.22. The number of thiazole rings is 1. The van der Waals surface area contributed by atoms with Crippen LogP contribution in [0.5, 0.6) is 0 Å². The van der Waals surface area contributed by atoms with Gasteiger partial charge in [-0.1, -0.05) is 0 Å². The molecule has 1 saturated heterocycles. The molecular formula is C9H16ClN3S. The summed E-state index contributed by atoms with van der Waals surface area (Å²) < 4.78 is 0. The molecule has 80 valence electrons. The van der Waals surface area contributed by atoms with Gasteiger partial charge in [0.05, 0.1) is 0 Å². The van der Waals surface area contributed by atoms with E-state index in [9.17, 15) is 0 Å². The van der Waals surface area contributed by atoms with Gasteiger partial charge in [0.25, 0.3) is 0 Å². The predicted octanol–water partition coefficient (Wildman–Crippen LogP) is 1.98. The molecule has 0 bridgehead atoms. The van der Waals surface area contributed by atoms with Crippen LogP contribution >= 0.6 is 23.7 Å². The van der Waals surface area contributed by atoms with E-state index in [1.165, 1.54) is 19.4 Å². The number of halogens is 1. The van der Waals surface area contributed by atoms with Gasteiger partial charge >= 0.3 is 0 Å². The number of hydrogen-bond acceptors (Lipinski definition) is 4. The molecule has 1 fully saturated rings. The molecule has 0 aliphatic carbocycles. The Hall–Kier alpha value is -0.320. The molecule has 1 aliphatic heterocycles. The van der Waals surface area contributed by atoms with Gasteiger partial charge in [-0.2, -0.15) is 0 Å². The molecule has 2 N–H and O–H groups in total. The number of nitrogens with zero attached hydrogens (tertiary/aromatic N) is 1. The third-order valence-corrected chi connectivity index (χ3v) is 3.10. The van der Waals surface area contributed by atoms with Gasteiger partial charge in [0.15, 0.2) is 5.13 Å². The van der Waals surface area contributed by atoms with Crippen LogP contribution in [0.2, 0.25) is 0 Å². The number of rotatable bonds is 3. The molecule has 0 aromatic carbocycles. The highest BCUT2D eigenvalue weighted by Gasteiger charge is 2.12. The third kappa shape index (κ3) is 3.44. The molecule has 0 spiro atoms. The summed E-state index contributed by atoms with van der Waals surface area (Å²) in [5, 5.41) is 9.82. The monoisotopic (exact) mass is 233 g/mol. The first kappa shape index (κ1) is 11.8. The number of nitrogens with one attached hydrogen (secondary N) is 2. The molecule has 3 nitrogen and oxygen atoms in total. The maximum absolute atomic E-state index is 4.19. The van der Waals surface area contributed by atoms with Crippen molar-refractivity contribution in [2.24, 2.45) is 5.92 Å². The molecule has 5 heteroatoms. The zero-order valence-corrected chi connectivity index (χ0v) is 9.66. The normalized spacial score (nSPS) is 21.3. The van der Waals surface area contributed by atoms with Crippen LogP contribution < -0.4 is 10.6 Å². The quantitative estimate of drug-likeness (QED) is 0.839. The van der Waals surface area contributed by atoms with E-state index >= 15 is 0 Å². The second-order valence-electron chi connectivity index (χ2n) is 3.43. The van der Waals surface area contributed by atoms with Gasteiger partial charge in [-0.3, -0.25) is 0 Å². The van der Waals surface area contributed by atoms with Crippen molar-refractivity contribution in [1.29, 1.82) is 0 Å². The van der Waals surface area contributed by atoms with E-state index in [0.717, 1.165) is 24.1 Å². The molecular weight excluding hydrogens is 218 g/mol. The van der Waals surface area contributed by atoms with E-state index in [2.05, 4.69) is 15.6 Å². The maximum Gasteiger partial charge on any atom is 0.182 e. The van der Waals surface area contributed by atoms with Gasteiger partial charge in [0.2, 0.25) is 0 Å². The van der Waals surface area contributed by atoms with E-state index in [0.29, 0.717) is 0 Å². The summed E-state index contributed by atoms with van der Waals surface area (Å²) in [5.41, 5.74) is 0. The summed E-state index contributed by atoms with van der Waals surface area (Å²) in [6.07, 6.45) is 4.49. The molecule has 0 amide bonds. The highest BCUT2D eigenvalue weighted by atomic mass is 35.5. The van der Waals surface area contributed by atoms with Crippen LogP contribution in [-0.4, -0.2) is 24.6 Å². The Morgan fingerprint density at radius 2 is 2.57 bits per heavy atom. The smallest absolute Gasteiger partial charge is 0.182 e. The Labute approximate surface area is 94.7 Å². The zero-order valence-electron chi connectivity index (χ0n) is 8.03. The first-order chi connectivity index (χ1) is 6.45. The molecule has 0 saturated carbocycles. The summed E-state index contributed by atoms with van der Waals surface area (Å²) in [4.78, 5) is 4.19. The summed E-state index contributed by atoms with van der Waals surface area (Å²) in [6.45, 7) is 3.40. The second-order valence-corrected chi connectivity index (χ2v) is 4.33. The lowest BCUT2D eigenvalue weighted by Gasteiger charge is -2.22. The van der Waals surface area contributed by atoms with Crippen LogP contribution in [0.4, 0.5) is 5.13 Å². The van der Waals surface area contributed by atoms with Gasteiger partial charge in [-0.25, -0.2) is 4.98 Å². The van der Waals surface area contributed by atoms with E-state index in [1.54, 1.807) is 11.3 Å². The van der Waals surface area contributed by atoms with Crippen LogP contribution in [0, 0.1) is 5.92 Å². The second kappa shape index (κ2) is 6.22. The number of aromatic nitrogens is 1. The molecule has 1 unspecified atom stereocenters. The first-order valence-electron chi connectivity index (χ1n) is 4.79. The third-order valence-electron chi connectivity index (χ3n) is 2.37. The lowest BCUT2D eigenvalue weighted by atomic mass is 10.00. The van der Waals surface area contributed by atoms with Gasteiger partial charge in [0, 0.05) is 18.1 Å². The Balaban J connectivity index is 0.000000980. The number of hydrogen-bond donors (Lipinski definition) is 2. The van der Waals surface area contributed by atoms with Crippen molar-refractivity contribution in [3.8, 4) is 0 Å². The molecule has 2 heterocycles. The molecule has 0 radical (unpaired) electrons. The Bertz CT molecular complexity index is 234. The maximum atomic E-state index is 4.19. The molecule has 14 heavy (non-hydrogen) atoms. The zero-order chi connectivity index (χ0) is 8.93. The van der Waals surface area contributed by atoms with E-state index < -0.39 is 0 Å². The lowest BCUT2D eigenvalue weighted by molar-refractivity contribution is 0.393. The number of piperidine rings is 1. The molecule has 1 aromatic heterocycles. The van der Waals surface area contributed by atoms with Crippen LogP contribution in [0.3, 0.4) is 0 Å². The highest BCUT2D eigenvalue weighted by Crippen LogP contribution is 2.14. The average Bonchev–Trinajstić information content (AvgIpc) is 2.69. The Morgan fingerprint density at radius 1 is 1.64 bits per heavy atom. The predicted molar refractivity (Wildman–Crippen MR) is 63.4 cm³/mol. The average molecular weight is 234 g/mol. The lowest BCUT2D eigenvalue weighted by Crippen LogP contribution is -2.33.